The molecule has 7 nitrogen and oxygen atoms in total. The molecule has 1 aliphatic heterocycles. The van der Waals surface area contributed by atoms with E-state index < -0.39 is 45.6 Å². The molecule has 0 unspecified atom stereocenters. The van der Waals surface area contributed by atoms with Crippen LogP contribution in [0.3, 0.4) is 0 Å². The standard InChI is InChI=1S/C28H31F2N3O4S/c1-2-18-6-7-20-16-38(36,37)17-26(24(20)11-18)32-15-27(34)25(12-19-9-21(29)13-22(30)10-19)33-28(35)14-23-5-3-4-8-31-23/h3-11,13,25-27,32,34H,2,12,14-17H2,1H3,(H,33,35)/t25-,26-,27+/m0/s1. The first-order valence-corrected chi connectivity index (χ1v) is 14.3. The largest absolute Gasteiger partial charge is 0.390 e. The van der Waals surface area contributed by atoms with Crippen molar-refractivity contribution >= 4 is 15.7 Å². The molecule has 0 saturated heterocycles. The first kappa shape index (κ1) is 27.8. The second kappa shape index (κ2) is 12.1. The second-order valence-electron chi connectivity index (χ2n) is 9.62. The zero-order valence-electron chi connectivity index (χ0n) is 21.0. The van der Waals surface area contributed by atoms with Crippen LogP contribution in [0.25, 0.3) is 0 Å². The third-order valence-electron chi connectivity index (χ3n) is 6.62. The van der Waals surface area contributed by atoms with Crippen molar-refractivity contribution in [1.82, 2.24) is 15.6 Å². The third kappa shape index (κ3) is 7.43. The number of halogens is 2. The van der Waals surface area contributed by atoms with Crippen LogP contribution in [0.15, 0.2) is 60.8 Å². The van der Waals surface area contributed by atoms with Crippen LogP contribution in [-0.2, 0) is 39.6 Å². The number of aliphatic hydroxyl groups is 1. The van der Waals surface area contributed by atoms with Crippen molar-refractivity contribution in [2.45, 2.75) is 50.1 Å². The number of aromatic nitrogens is 1. The molecule has 3 atom stereocenters. The van der Waals surface area contributed by atoms with E-state index in [0.717, 1.165) is 41.3 Å². The van der Waals surface area contributed by atoms with Gasteiger partial charge in [-0.2, -0.15) is 0 Å². The quantitative estimate of drug-likeness (QED) is 0.363. The van der Waals surface area contributed by atoms with Crippen LogP contribution in [0.1, 0.15) is 40.9 Å². The van der Waals surface area contributed by atoms with E-state index >= 15 is 0 Å². The molecule has 0 fully saturated rings. The summed E-state index contributed by atoms with van der Waals surface area (Å²) in [5.74, 6) is -2.09. The van der Waals surface area contributed by atoms with Crippen LogP contribution >= 0.6 is 0 Å². The lowest BCUT2D eigenvalue weighted by molar-refractivity contribution is -0.122. The van der Waals surface area contributed by atoms with E-state index in [2.05, 4.69) is 15.6 Å². The molecule has 3 N–H and O–H groups in total. The highest BCUT2D eigenvalue weighted by molar-refractivity contribution is 7.90. The van der Waals surface area contributed by atoms with Gasteiger partial charge in [0.15, 0.2) is 9.84 Å². The minimum atomic E-state index is -3.35. The first-order valence-electron chi connectivity index (χ1n) is 12.5. The molecule has 2 heterocycles. The molecule has 202 valence electrons. The maximum Gasteiger partial charge on any atom is 0.226 e. The zero-order chi connectivity index (χ0) is 27.3. The van der Waals surface area contributed by atoms with Crippen LogP contribution in [0.4, 0.5) is 8.78 Å². The molecule has 1 amide bonds. The summed E-state index contributed by atoms with van der Waals surface area (Å²) in [7, 11) is -3.35. The molecular formula is C28H31F2N3O4S. The smallest absolute Gasteiger partial charge is 0.226 e. The number of aliphatic hydroxyl groups excluding tert-OH is 1. The average Bonchev–Trinajstić information content (AvgIpc) is 2.86. The van der Waals surface area contributed by atoms with Gasteiger partial charge in [-0.3, -0.25) is 9.78 Å². The monoisotopic (exact) mass is 543 g/mol. The van der Waals surface area contributed by atoms with Gasteiger partial charge in [0.2, 0.25) is 5.91 Å². The summed E-state index contributed by atoms with van der Waals surface area (Å²) in [5, 5.41) is 17.0. The summed E-state index contributed by atoms with van der Waals surface area (Å²) in [6, 6.07) is 12.5. The molecule has 10 heteroatoms. The lowest BCUT2D eigenvalue weighted by Crippen LogP contribution is -2.50. The molecule has 0 radical (unpaired) electrons. The van der Waals surface area contributed by atoms with Crippen LogP contribution in [0.5, 0.6) is 0 Å². The molecule has 0 spiro atoms. The summed E-state index contributed by atoms with van der Waals surface area (Å²) in [6.07, 6.45) is 1.10. The van der Waals surface area contributed by atoms with Crippen LogP contribution < -0.4 is 10.6 Å². The topological polar surface area (TPSA) is 108 Å². The van der Waals surface area contributed by atoms with Gasteiger partial charge in [-0.1, -0.05) is 31.2 Å². The Morgan fingerprint density at radius 1 is 1.11 bits per heavy atom. The Morgan fingerprint density at radius 3 is 2.55 bits per heavy atom. The van der Waals surface area contributed by atoms with Crippen molar-refractivity contribution in [2.24, 2.45) is 0 Å². The normalized spacial score (nSPS) is 17.8. The second-order valence-corrected chi connectivity index (χ2v) is 11.7. The van der Waals surface area contributed by atoms with E-state index in [1.165, 1.54) is 0 Å². The van der Waals surface area contributed by atoms with Crippen molar-refractivity contribution in [3.05, 3.63) is 100 Å². The lowest BCUT2D eigenvalue weighted by Gasteiger charge is -2.30. The fourth-order valence-electron chi connectivity index (χ4n) is 4.72. The summed E-state index contributed by atoms with van der Waals surface area (Å²) >= 11 is 0. The molecule has 4 rings (SSSR count). The summed E-state index contributed by atoms with van der Waals surface area (Å²) in [6.45, 7) is 1.96. The van der Waals surface area contributed by atoms with Crippen molar-refractivity contribution in [1.29, 1.82) is 0 Å². The highest BCUT2D eigenvalue weighted by atomic mass is 32.2. The van der Waals surface area contributed by atoms with Crippen molar-refractivity contribution in [3.8, 4) is 0 Å². The Bertz CT molecular complexity index is 1370. The Labute approximate surface area is 221 Å². The SMILES string of the molecule is CCc1ccc2c(c1)[C@@H](NC[C@@H](O)[C@H](Cc1cc(F)cc(F)c1)NC(=O)Cc1ccccn1)CS(=O)(=O)C2. The zero-order valence-corrected chi connectivity index (χ0v) is 21.8. The van der Waals surface area contributed by atoms with Gasteiger partial charge in [-0.05, 0) is 59.4 Å². The minimum Gasteiger partial charge on any atom is -0.390 e. The fourth-order valence-corrected chi connectivity index (χ4v) is 6.38. The number of pyridine rings is 1. The molecular weight excluding hydrogens is 512 g/mol. The van der Waals surface area contributed by atoms with E-state index in [0.29, 0.717) is 5.69 Å². The van der Waals surface area contributed by atoms with Crippen LogP contribution in [0.2, 0.25) is 0 Å². The van der Waals surface area contributed by atoms with Crippen molar-refractivity contribution in [2.75, 3.05) is 12.3 Å². The average molecular weight is 544 g/mol. The van der Waals surface area contributed by atoms with Gasteiger partial charge in [0, 0.05) is 30.5 Å². The predicted molar refractivity (Wildman–Crippen MR) is 140 cm³/mol. The molecule has 0 aliphatic carbocycles. The van der Waals surface area contributed by atoms with Gasteiger partial charge in [0.25, 0.3) is 0 Å². The van der Waals surface area contributed by atoms with E-state index in [1.54, 1.807) is 24.4 Å². The van der Waals surface area contributed by atoms with Crippen LogP contribution in [-0.4, -0.2) is 48.9 Å². The number of sulfone groups is 1. The van der Waals surface area contributed by atoms with E-state index in [9.17, 15) is 27.1 Å². The summed E-state index contributed by atoms with van der Waals surface area (Å²) in [4.78, 5) is 16.9. The van der Waals surface area contributed by atoms with E-state index in [1.807, 2.05) is 25.1 Å². The molecule has 38 heavy (non-hydrogen) atoms. The van der Waals surface area contributed by atoms with Gasteiger partial charge in [-0.25, -0.2) is 17.2 Å². The van der Waals surface area contributed by atoms with Gasteiger partial charge in [0.05, 0.1) is 30.1 Å². The number of benzene rings is 2. The summed E-state index contributed by atoms with van der Waals surface area (Å²) in [5.41, 5.74) is 3.46. The number of carbonyl (C=O) groups excluding carboxylic acids is 1. The highest BCUT2D eigenvalue weighted by Gasteiger charge is 2.31. The van der Waals surface area contributed by atoms with Gasteiger partial charge in [0.1, 0.15) is 11.6 Å². The lowest BCUT2D eigenvalue weighted by atomic mass is 9.97. The highest BCUT2D eigenvalue weighted by Crippen LogP contribution is 2.29. The van der Waals surface area contributed by atoms with E-state index in [-0.39, 0.29) is 36.5 Å². The molecule has 0 saturated carbocycles. The first-order chi connectivity index (χ1) is 18.1. The third-order valence-corrected chi connectivity index (χ3v) is 8.21. The molecule has 1 aromatic heterocycles. The number of nitrogens with zero attached hydrogens (tertiary/aromatic N) is 1. The maximum atomic E-state index is 13.8. The van der Waals surface area contributed by atoms with Gasteiger partial charge in [-0.15, -0.1) is 0 Å². The molecule has 3 aromatic rings. The maximum absolute atomic E-state index is 13.8. The molecule has 1 aliphatic rings. The number of hydrogen-bond donors (Lipinski definition) is 3. The number of nitrogens with one attached hydrogen (secondary N) is 2. The predicted octanol–water partition coefficient (Wildman–Crippen LogP) is 2.81. The Balaban J connectivity index is 1.51. The number of aryl methyl sites for hydroxylation is 1. The number of hydrogen-bond acceptors (Lipinski definition) is 6. The number of carbonyl (C=O) groups is 1. The van der Waals surface area contributed by atoms with Crippen LogP contribution in [0, 0.1) is 11.6 Å². The van der Waals surface area contributed by atoms with Gasteiger partial charge < -0.3 is 15.7 Å². The minimum absolute atomic E-state index is 0.0367. The van der Waals surface area contributed by atoms with Crippen molar-refractivity contribution in [3.63, 3.8) is 0 Å². The number of rotatable bonds is 10. The van der Waals surface area contributed by atoms with Gasteiger partial charge >= 0.3 is 0 Å². The Kier molecular flexibility index (Phi) is 8.86. The van der Waals surface area contributed by atoms with E-state index in [4.69, 9.17) is 0 Å². The Hall–Kier alpha value is -3.21. The fraction of sp³-hybridized carbons (Fsp3) is 0.357. The molecule has 0 bridgehead atoms. The number of amides is 1. The Morgan fingerprint density at radius 2 is 1.87 bits per heavy atom. The number of fused-ring (bicyclic) bond motifs is 1. The molecule has 2 aromatic carbocycles. The summed E-state index contributed by atoms with van der Waals surface area (Å²) < 4.78 is 52.7. The van der Waals surface area contributed by atoms with Crippen molar-refractivity contribution < 1.29 is 27.1 Å².